The van der Waals surface area contributed by atoms with Crippen LogP contribution in [-0.2, 0) is 9.57 Å². The molecule has 0 radical (unpaired) electrons. The second-order valence-electron chi connectivity index (χ2n) is 4.63. The third kappa shape index (κ3) is 2.89. The molecule has 4 heteroatoms. The lowest BCUT2D eigenvalue weighted by Gasteiger charge is -2.22. The van der Waals surface area contributed by atoms with Gasteiger partial charge in [-0.05, 0) is 25.5 Å². The SMILES string of the molecule is COCC1CCN(OC(=O)c2ccccc2)C1C. The number of hydroxylamine groups is 2. The molecule has 2 unspecified atom stereocenters. The van der Waals surface area contributed by atoms with E-state index in [-0.39, 0.29) is 12.0 Å². The molecule has 1 saturated heterocycles. The molecule has 0 bridgehead atoms. The molecule has 1 aromatic carbocycles. The zero-order valence-electron chi connectivity index (χ0n) is 10.8. The average molecular weight is 249 g/mol. The Morgan fingerprint density at radius 2 is 2.11 bits per heavy atom. The number of rotatable bonds is 4. The van der Waals surface area contributed by atoms with Gasteiger partial charge in [-0.25, -0.2) is 4.79 Å². The van der Waals surface area contributed by atoms with Crippen LogP contribution in [0, 0.1) is 5.92 Å². The number of carbonyl (C=O) groups excluding carboxylic acids is 1. The molecule has 18 heavy (non-hydrogen) atoms. The Morgan fingerprint density at radius 1 is 1.39 bits per heavy atom. The van der Waals surface area contributed by atoms with Gasteiger partial charge >= 0.3 is 5.97 Å². The highest BCUT2D eigenvalue weighted by molar-refractivity contribution is 5.89. The predicted octanol–water partition coefficient (Wildman–Crippen LogP) is 2.12. The number of benzene rings is 1. The fourth-order valence-corrected chi connectivity index (χ4v) is 2.27. The van der Waals surface area contributed by atoms with Crippen molar-refractivity contribution in [1.82, 2.24) is 5.06 Å². The van der Waals surface area contributed by atoms with Crippen LogP contribution >= 0.6 is 0 Å². The van der Waals surface area contributed by atoms with E-state index < -0.39 is 0 Å². The standard InChI is InChI=1S/C14H19NO3/c1-11-13(10-17-2)8-9-15(11)18-14(16)12-6-4-3-5-7-12/h3-7,11,13H,8-10H2,1-2H3. The summed E-state index contributed by atoms with van der Waals surface area (Å²) in [6.45, 7) is 3.54. The maximum Gasteiger partial charge on any atom is 0.357 e. The zero-order valence-corrected chi connectivity index (χ0v) is 10.8. The minimum Gasteiger partial charge on any atom is -0.384 e. The first-order valence-corrected chi connectivity index (χ1v) is 6.25. The van der Waals surface area contributed by atoms with Gasteiger partial charge in [-0.2, -0.15) is 0 Å². The summed E-state index contributed by atoms with van der Waals surface area (Å²) in [5, 5.41) is 1.76. The van der Waals surface area contributed by atoms with Crippen LogP contribution in [0.5, 0.6) is 0 Å². The van der Waals surface area contributed by atoms with Crippen LogP contribution in [0.3, 0.4) is 0 Å². The van der Waals surface area contributed by atoms with E-state index in [2.05, 4.69) is 6.92 Å². The highest BCUT2D eigenvalue weighted by Gasteiger charge is 2.33. The van der Waals surface area contributed by atoms with Gasteiger partial charge in [0.15, 0.2) is 0 Å². The number of methoxy groups -OCH3 is 1. The van der Waals surface area contributed by atoms with Crippen molar-refractivity contribution < 1.29 is 14.4 Å². The Hall–Kier alpha value is -1.39. The van der Waals surface area contributed by atoms with Crippen molar-refractivity contribution in [2.75, 3.05) is 20.3 Å². The summed E-state index contributed by atoms with van der Waals surface area (Å²) in [5.41, 5.74) is 0.583. The first kappa shape index (κ1) is 13.1. The van der Waals surface area contributed by atoms with Crippen molar-refractivity contribution in [3.63, 3.8) is 0 Å². The molecule has 0 amide bonds. The summed E-state index contributed by atoms with van der Waals surface area (Å²) in [6, 6.07) is 9.27. The van der Waals surface area contributed by atoms with E-state index in [1.165, 1.54) is 0 Å². The van der Waals surface area contributed by atoms with Gasteiger partial charge in [0.2, 0.25) is 0 Å². The van der Waals surface area contributed by atoms with Crippen molar-refractivity contribution in [2.24, 2.45) is 5.92 Å². The maximum absolute atomic E-state index is 11.9. The van der Waals surface area contributed by atoms with Crippen molar-refractivity contribution in [2.45, 2.75) is 19.4 Å². The monoisotopic (exact) mass is 249 g/mol. The Bertz CT molecular complexity index is 393. The summed E-state index contributed by atoms with van der Waals surface area (Å²) in [7, 11) is 1.70. The van der Waals surface area contributed by atoms with Crippen LogP contribution in [0.15, 0.2) is 30.3 Å². The minimum absolute atomic E-state index is 0.206. The van der Waals surface area contributed by atoms with Crippen molar-refractivity contribution in [3.05, 3.63) is 35.9 Å². The van der Waals surface area contributed by atoms with Crippen LogP contribution in [-0.4, -0.2) is 37.3 Å². The number of nitrogens with zero attached hydrogens (tertiary/aromatic N) is 1. The Balaban J connectivity index is 1.93. The largest absolute Gasteiger partial charge is 0.384 e. The van der Waals surface area contributed by atoms with Crippen molar-refractivity contribution in [1.29, 1.82) is 0 Å². The highest BCUT2D eigenvalue weighted by Crippen LogP contribution is 2.25. The molecule has 1 aliphatic rings. The first-order valence-electron chi connectivity index (χ1n) is 6.25. The molecule has 0 aromatic heterocycles. The quantitative estimate of drug-likeness (QED) is 0.819. The Labute approximate surface area is 107 Å². The van der Waals surface area contributed by atoms with E-state index in [1.807, 2.05) is 18.2 Å². The molecule has 1 fully saturated rings. The lowest BCUT2D eigenvalue weighted by molar-refractivity contribution is -0.121. The summed E-state index contributed by atoms with van der Waals surface area (Å²) < 4.78 is 5.17. The van der Waals surface area contributed by atoms with Gasteiger partial charge in [-0.1, -0.05) is 18.2 Å². The second-order valence-corrected chi connectivity index (χ2v) is 4.63. The van der Waals surface area contributed by atoms with Crippen LogP contribution in [0.4, 0.5) is 0 Å². The summed E-state index contributed by atoms with van der Waals surface area (Å²) in [6.07, 6.45) is 0.997. The number of hydrogen-bond acceptors (Lipinski definition) is 4. The topological polar surface area (TPSA) is 38.8 Å². The zero-order chi connectivity index (χ0) is 13.0. The normalized spacial score (nSPS) is 24.1. The highest BCUT2D eigenvalue weighted by atomic mass is 16.7. The molecule has 0 saturated carbocycles. The molecule has 2 rings (SSSR count). The van der Waals surface area contributed by atoms with E-state index in [9.17, 15) is 4.79 Å². The van der Waals surface area contributed by atoms with Crippen LogP contribution in [0.1, 0.15) is 23.7 Å². The van der Waals surface area contributed by atoms with E-state index in [1.54, 1.807) is 24.3 Å². The minimum atomic E-state index is -0.291. The third-order valence-corrected chi connectivity index (χ3v) is 3.45. The summed E-state index contributed by atoms with van der Waals surface area (Å²) >= 11 is 0. The third-order valence-electron chi connectivity index (χ3n) is 3.45. The Kier molecular flexibility index (Phi) is 4.33. The summed E-state index contributed by atoms with van der Waals surface area (Å²) in [4.78, 5) is 17.3. The van der Waals surface area contributed by atoms with Crippen LogP contribution < -0.4 is 0 Å². The van der Waals surface area contributed by atoms with Gasteiger partial charge in [0.25, 0.3) is 0 Å². The van der Waals surface area contributed by atoms with Gasteiger partial charge in [-0.15, -0.1) is 5.06 Å². The van der Waals surface area contributed by atoms with Gasteiger partial charge in [0.1, 0.15) is 0 Å². The molecule has 4 nitrogen and oxygen atoms in total. The van der Waals surface area contributed by atoms with Gasteiger partial charge in [-0.3, -0.25) is 0 Å². The molecule has 1 aromatic rings. The molecule has 2 atom stereocenters. The van der Waals surface area contributed by atoms with Crippen molar-refractivity contribution in [3.8, 4) is 0 Å². The van der Waals surface area contributed by atoms with Crippen LogP contribution in [0.25, 0.3) is 0 Å². The lowest BCUT2D eigenvalue weighted by Crippen LogP contribution is -2.33. The second kappa shape index (κ2) is 5.98. The fraction of sp³-hybridized carbons (Fsp3) is 0.500. The molecular formula is C14H19NO3. The molecule has 1 heterocycles. The fourth-order valence-electron chi connectivity index (χ4n) is 2.27. The maximum atomic E-state index is 11.9. The molecule has 0 spiro atoms. The predicted molar refractivity (Wildman–Crippen MR) is 68.0 cm³/mol. The molecule has 0 aliphatic carbocycles. The van der Waals surface area contributed by atoms with E-state index in [4.69, 9.17) is 9.57 Å². The smallest absolute Gasteiger partial charge is 0.357 e. The molecular weight excluding hydrogens is 230 g/mol. The van der Waals surface area contributed by atoms with E-state index in [0.717, 1.165) is 13.0 Å². The first-order chi connectivity index (χ1) is 8.72. The molecule has 0 N–H and O–H groups in total. The van der Waals surface area contributed by atoms with E-state index >= 15 is 0 Å². The number of ether oxygens (including phenoxy) is 1. The number of carbonyl (C=O) groups is 1. The lowest BCUT2D eigenvalue weighted by atomic mass is 10.0. The molecule has 1 aliphatic heterocycles. The van der Waals surface area contributed by atoms with Crippen molar-refractivity contribution >= 4 is 5.97 Å². The van der Waals surface area contributed by atoms with Crippen LogP contribution in [0.2, 0.25) is 0 Å². The van der Waals surface area contributed by atoms with E-state index in [0.29, 0.717) is 18.1 Å². The van der Waals surface area contributed by atoms with Gasteiger partial charge < -0.3 is 9.57 Å². The molecule has 98 valence electrons. The Morgan fingerprint density at radius 3 is 2.78 bits per heavy atom. The van der Waals surface area contributed by atoms with Gasteiger partial charge in [0.05, 0.1) is 12.2 Å². The van der Waals surface area contributed by atoms with Gasteiger partial charge in [0, 0.05) is 25.6 Å². The average Bonchev–Trinajstić information content (AvgIpc) is 2.73. The number of hydrogen-bond donors (Lipinski definition) is 0. The summed E-state index contributed by atoms with van der Waals surface area (Å²) in [5.74, 6) is 0.138.